The summed E-state index contributed by atoms with van der Waals surface area (Å²) in [5, 5.41) is 1.13. The van der Waals surface area contributed by atoms with Crippen LogP contribution in [0.25, 0.3) is 22.3 Å². The molecule has 1 N–H and O–H groups in total. The average Bonchev–Trinajstić information content (AvgIpc) is 2.75. The minimum absolute atomic E-state index is 0.906. The van der Waals surface area contributed by atoms with E-state index in [-0.39, 0.29) is 0 Å². The fourth-order valence-electron chi connectivity index (χ4n) is 1.78. The SMILES string of the molecule is Cc1cnc(-c2ccc3ncccc3c2)[nH]1. The van der Waals surface area contributed by atoms with Gasteiger partial charge in [0.25, 0.3) is 0 Å². The van der Waals surface area contributed by atoms with Crippen LogP contribution in [0.3, 0.4) is 0 Å². The molecule has 0 amide bonds. The fourth-order valence-corrected chi connectivity index (χ4v) is 1.78. The number of nitrogens with one attached hydrogen (secondary N) is 1. The van der Waals surface area contributed by atoms with Crippen LogP contribution in [0.4, 0.5) is 0 Å². The largest absolute Gasteiger partial charge is 0.342 e. The Kier molecular flexibility index (Phi) is 1.96. The number of nitrogens with zero attached hydrogens (tertiary/aromatic N) is 2. The number of aryl methyl sites for hydroxylation is 1. The van der Waals surface area contributed by atoms with E-state index in [4.69, 9.17) is 0 Å². The fraction of sp³-hybridized carbons (Fsp3) is 0.0769. The molecule has 16 heavy (non-hydrogen) atoms. The lowest BCUT2D eigenvalue weighted by Crippen LogP contribution is -1.83. The van der Waals surface area contributed by atoms with Gasteiger partial charge in [-0.05, 0) is 31.2 Å². The van der Waals surface area contributed by atoms with Crippen molar-refractivity contribution in [2.75, 3.05) is 0 Å². The second-order valence-corrected chi connectivity index (χ2v) is 3.83. The number of aromatic amines is 1. The molecule has 3 heteroatoms. The van der Waals surface area contributed by atoms with Crippen LogP contribution < -0.4 is 0 Å². The molecule has 0 atom stereocenters. The second-order valence-electron chi connectivity index (χ2n) is 3.83. The van der Waals surface area contributed by atoms with Crippen LogP contribution in [-0.2, 0) is 0 Å². The zero-order chi connectivity index (χ0) is 11.0. The van der Waals surface area contributed by atoms with E-state index in [1.54, 1.807) is 6.20 Å². The minimum atomic E-state index is 0.906. The Bertz CT molecular complexity index is 640. The standard InChI is InChI=1S/C13H11N3/c1-9-8-15-13(16-9)11-4-5-12-10(7-11)3-2-6-14-12/h2-8H,1H3,(H,15,16). The van der Waals surface area contributed by atoms with Gasteiger partial charge in [-0.1, -0.05) is 6.07 Å². The molecule has 0 saturated heterocycles. The first-order valence-electron chi connectivity index (χ1n) is 5.20. The summed E-state index contributed by atoms with van der Waals surface area (Å²) in [6, 6.07) is 10.2. The molecule has 0 radical (unpaired) electrons. The molecule has 0 bridgehead atoms. The number of benzene rings is 1. The number of pyridine rings is 1. The van der Waals surface area contributed by atoms with E-state index < -0.39 is 0 Å². The number of rotatable bonds is 1. The van der Waals surface area contributed by atoms with E-state index in [0.29, 0.717) is 0 Å². The van der Waals surface area contributed by atoms with Crippen LogP contribution >= 0.6 is 0 Å². The average molecular weight is 209 g/mol. The highest BCUT2D eigenvalue weighted by molar-refractivity contribution is 5.83. The van der Waals surface area contributed by atoms with Crippen molar-refractivity contribution in [1.29, 1.82) is 0 Å². The zero-order valence-electron chi connectivity index (χ0n) is 8.94. The molecule has 0 spiro atoms. The second kappa shape index (κ2) is 3.45. The van der Waals surface area contributed by atoms with Crippen molar-refractivity contribution in [3.05, 3.63) is 48.4 Å². The molecule has 0 saturated carbocycles. The van der Waals surface area contributed by atoms with Gasteiger partial charge in [-0.15, -0.1) is 0 Å². The highest BCUT2D eigenvalue weighted by Crippen LogP contribution is 2.20. The van der Waals surface area contributed by atoms with Crippen molar-refractivity contribution < 1.29 is 0 Å². The van der Waals surface area contributed by atoms with Crippen molar-refractivity contribution in [2.24, 2.45) is 0 Å². The van der Waals surface area contributed by atoms with E-state index >= 15 is 0 Å². The van der Waals surface area contributed by atoms with Crippen LogP contribution in [0.5, 0.6) is 0 Å². The quantitative estimate of drug-likeness (QED) is 0.669. The molecule has 0 aliphatic carbocycles. The van der Waals surface area contributed by atoms with Gasteiger partial charge in [-0.2, -0.15) is 0 Å². The van der Waals surface area contributed by atoms with Crippen LogP contribution in [0.1, 0.15) is 5.69 Å². The number of imidazole rings is 1. The van der Waals surface area contributed by atoms with E-state index in [2.05, 4.69) is 27.1 Å². The van der Waals surface area contributed by atoms with Gasteiger partial charge in [0.05, 0.1) is 5.52 Å². The maximum Gasteiger partial charge on any atom is 0.137 e. The van der Waals surface area contributed by atoms with Gasteiger partial charge in [0.1, 0.15) is 5.82 Å². The van der Waals surface area contributed by atoms with Crippen molar-refractivity contribution in [3.8, 4) is 11.4 Å². The summed E-state index contributed by atoms with van der Waals surface area (Å²) in [4.78, 5) is 11.8. The third-order valence-corrected chi connectivity index (χ3v) is 2.58. The molecule has 1 aromatic carbocycles. The Morgan fingerprint density at radius 3 is 2.88 bits per heavy atom. The molecule has 0 aliphatic heterocycles. The molecule has 78 valence electrons. The van der Waals surface area contributed by atoms with E-state index in [0.717, 1.165) is 28.0 Å². The molecule has 0 aliphatic rings. The smallest absolute Gasteiger partial charge is 0.137 e. The summed E-state index contributed by atoms with van der Waals surface area (Å²) in [7, 11) is 0. The minimum Gasteiger partial charge on any atom is -0.342 e. The topological polar surface area (TPSA) is 41.6 Å². The number of aromatic nitrogens is 3. The normalized spacial score (nSPS) is 10.8. The Labute approximate surface area is 93.2 Å². The Balaban J connectivity index is 2.18. The van der Waals surface area contributed by atoms with Crippen molar-refractivity contribution in [2.45, 2.75) is 6.92 Å². The summed E-state index contributed by atoms with van der Waals surface area (Å²) in [5.74, 6) is 0.906. The summed E-state index contributed by atoms with van der Waals surface area (Å²) < 4.78 is 0. The first kappa shape index (κ1) is 9.09. The van der Waals surface area contributed by atoms with Gasteiger partial charge >= 0.3 is 0 Å². The Morgan fingerprint density at radius 2 is 2.06 bits per heavy atom. The lowest BCUT2D eigenvalue weighted by molar-refractivity contribution is 1.26. The molecule has 0 fully saturated rings. The highest BCUT2D eigenvalue weighted by atomic mass is 14.9. The lowest BCUT2D eigenvalue weighted by Gasteiger charge is -1.99. The maximum absolute atomic E-state index is 4.32. The summed E-state index contributed by atoms with van der Waals surface area (Å²) in [6.07, 6.45) is 3.64. The van der Waals surface area contributed by atoms with Gasteiger partial charge in [0.2, 0.25) is 0 Å². The van der Waals surface area contributed by atoms with Gasteiger partial charge in [0, 0.05) is 29.0 Å². The van der Waals surface area contributed by atoms with Crippen LogP contribution in [0, 0.1) is 6.92 Å². The molecular formula is C13H11N3. The van der Waals surface area contributed by atoms with Crippen molar-refractivity contribution >= 4 is 10.9 Å². The molecular weight excluding hydrogens is 198 g/mol. The van der Waals surface area contributed by atoms with Crippen molar-refractivity contribution in [3.63, 3.8) is 0 Å². The number of H-pyrrole nitrogens is 1. The molecule has 2 heterocycles. The molecule has 0 unspecified atom stereocenters. The third-order valence-electron chi connectivity index (χ3n) is 2.58. The zero-order valence-corrected chi connectivity index (χ0v) is 8.94. The van der Waals surface area contributed by atoms with Gasteiger partial charge in [0.15, 0.2) is 0 Å². The van der Waals surface area contributed by atoms with E-state index in [1.165, 1.54) is 0 Å². The molecule has 2 aromatic heterocycles. The number of hydrogen-bond acceptors (Lipinski definition) is 2. The predicted octanol–water partition coefficient (Wildman–Crippen LogP) is 2.93. The maximum atomic E-state index is 4.32. The predicted molar refractivity (Wildman–Crippen MR) is 64.1 cm³/mol. The van der Waals surface area contributed by atoms with Crippen LogP contribution in [-0.4, -0.2) is 15.0 Å². The number of hydrogen-bond donors (Lipinski definition) is 1. The van der Waals surface area contributed by atoms with Crippen LogP contribution in [0.15, 0.2) is 42.7 Å². The van der Waals surface area contributed by atoms with E-state index in [1.807, 2.05) is 31.3 Å². The first-order chi connectivity index (χ1) is 7.83. The van der Waals surface area contributed by atoms with Gasteiger partial charge < -0.3 is 4.98 Å². The number of fused-ring (bicyclic) bond motifs is 1. The Hall–Kier alpha value is -2.16. The van der Waals surface area contributed by atoms with Crippen molar-refractivity contribution in [1.82, 2.24) is 15.0 Å². The molecule has 3 nitrogen and oxygen atoms in total. The summed E-state index contributed by atoms with van der Waals surface area (Å²) in [5.41, 5.74) is 3.17. The Morgan fingerprint density at radius 1 is 1.12 bits per heavy atom. The molecule has 3 rings (SSSR count). The highest BCUT2D eigenvalue weighted by Gasteiger charge is 2.02. The van der Waals surface area contributed by atoms with E-state index in [9.17, 15) is 0 Å². The third kappa shape index (κ3) is 1.46. The first-order valence-corrected chi connectivity index (χ1v) is 5.20. The molecule has 3 aromatic rings. The van der Waals surface area contributed by atoms with Gasteiger partial charge in [-0.3, -0.25) is 4.98 Å². The summed E-state index contributed by atoms with van der Waals surface area (Å²) in [6.45, 7) is 2.00. The lowest BCUT2D eigenvalue weighted by atomic mass is 10.1. The summed E-state index contributed by atoms with van der Waals surface area (Å²) >= 11 is 0. The monoisotopic (exact) mass is 209 g/mol. The van der Waals surface area contributed by atoms with Crippen LogP contribution in [0.2, 0.25) is 0 Å². The van der Waals surface area contributed by atoms with Gasteiger partial charge in [-0.25, -0.2) is 4.98 Å².